The third-order valence-corrected chi connectivity index (χ3v) is 9.12. The Balaban J connectivity index is 0.0000185. The number of aryl methyl sites for hydroxylation is 2. The number of hydrogen-bond acceptors (Lipinski definition) is 0. The monoisotopic (exact) mass is 722 g/mol. The van der Waals surface area contributed by atoms with E-state index in [1.165, 1.54) is 205 Å². The first-order valence-corrected chi connectivity index (χ1v) is 19.6. The number of hydrogen-bond donors (Lipinski definition) is 0. The van der Waals surface area contributed by atoms with E-state index in [4.69, 9.17) is 0 Å². The molecule has 0 N–H and O–H groups in total. The van der Waals surface area contributed by atoms with Crippen LogP contribution in [0.5, 0.6) is 0 Å². The number of halogens is 1. The third-order valence-electron chi connectivity index (χ3n) is 9.12. The lowest BCUT2D eigenvalue weighted by Crippen LogP contribution is -3.00. The van der Waals surface area contributed by atoms with E-state index in [1.54, 1.807) is 0 Å². The molecule has 0 fully saturated rings. The summed E-state index contributed by atoms with van der Waals surface area (Å²) in [6.07, 6.45) is 55.8. The molecular weight excluding hydrogens is 645 g/mol. The van der Waals surface area contributed by atoms with Crippen molar-refractivity contribution in [2.24, 2.45) is 0 Å². The van der Waals surface area contributed by atoms with Crippen molar-refractivity contribution < 1.29 is 28.5 Å². The van der Waals surface area contributed by atoms with E-state index in [1.807, 2.05) is 0 Å². The Bertz CT molecular complexity index is 722. The Morgan fingerprint density at radius 2 is 0.727 bits per heavy atom. The summed E-state index contributed by atoms with van der Waals surface area (Å²) in [4.78, 5) is 0. The minimum Gasteiger partial charge on any atom is -1.00 e. The summed E-state index contributed by atoms with van der Waals surface area (Å²) in [6, 6.07) is 4.72. The second-order valence-corrected chi connectivity index (χ2v) is 13.4. The van der Waals surface area contributed by atoms with E-state index in [0.29, 0.717) is 0 Å². The van der Waals surface area contributed by atoms with Gasteiger partial charge in [-0.3, -0.25) is 0 Å². The second-order valence-electron chi connectivity index (χ2n) is 13.4. The standard InChI is InChI=1S/C42H76N.HI/c1-3-5-7-9-11-13-15-17-19-21-22-24-26-28-30-32-34-36-42-37-40-43(41-38-42)39-35-33-31-29-27-25-23-20-18-16-14-12-10-8-6-4-2;/h17-20,37-38,40-41H,3-16,21-36,39H2,1-2H3;1H/q+1;/p-1/b19-17-,20-18-;. The lowest BCUT2D eigenvalue weighted by molar-refractivity contribution is -0.697. The van der Waals surface area contributed by atoms with Gasteiger partial charge in [0.2, 0.25) is 0 Å². The van der Waals surface area contributed by atoms with Crippen LogP contribution in [0.15, 0.2) is 48.8 Å². The van der Waals surface area contributed by atoms with Gasteiger partial charge in [0.1, 0.15) is 6.54 Å². The summed E-state index contributed by atoms with van der Waals surface area (Å²) in [5.74, 6) is 0. The van der Waals surface area contributed by atoms with Gasteiger partial charge in [0.15, 0.2) is 12.4 Å². The number of aromatic nitrogens is 1. The molecule has 0 radical (unpaired) electrons. The average Bonchev–Trinajstić information content (AvgIpc) is 3.03. The summed E-state index contributed by atoms with van der Waals surface area (Å²) in [6.45, 7) is 5.77. The molecule has 0 amide bonds. The van der Waals surface area contributed by atoms with E-state index >= 15 is 0 Å². The van der Waals surface area contributed by atoms with Crippen LogP contribution < -0.4 is 28.5 Å². The van der Waals surface area contributed by atoms with Gasteiger partial charge in [-0.1, -0.05) is 154 Å². The summed E-state index contributed by atoms with van der Waals surface area (Å²) >= 11 is 0. The molecule has 1 nitrogen and oxygen atoms in total. The van der Waals surface area contributed by atoms with E-state index in [0.717, 1.165) is 0 Å². The number of allylic oxidation sites excluding steroid dienone is 4. The smallest absolute Gasteiger partial charge is 0.169 e. The zero-order valence-electron chi connectivity index (χ0n) is 29.9. The molecule has 0 unspecified atom stereocenters. The number of rotatable bonds is 33. The van der Waals surface area contributed by atoms with Gasteiger partial charge in [-0.25, -0.2) is 4.57 Å². The van der Waals surface area contributed by atoms with E-state index in [-0.39, 0.29) is 24.0 Å². The molecule has 1 aromatic rings. The van der Waals surface area contributed by atoms with Gasteiger partial charge in [-0.2, -0.15) is 0 Å². The maximum Gasteiger partial charge on any atom is 0.169 e. The van der Waals surface area contributed by atoms with Crippen LogP contribution in [0.3, 0.4) is 0 Å². The molecule has 1 aromatic heterocycles. The van der Waals surface area contributed by atoms with Crippen molar-refractivity contribution in [2.45, 2.75) is 213 Å². The molecule has 0 saturated carbocycles. The van der Waals surface area contributed by atoms with Gasteiger partial charge >= 0.3 is 0 Å². The Hall–Kier alpha value is -0.640. The number of unbranched alkanes of at least 4 members (excludes halogenated alkanes) is 25. The highest BCUT2D eigenvalue weighted by molar-refractivity contribution is 5.07. The Labute approximate surface area is 294 Å². The first kappa shape index (κ1) is 43.4. The van der Waals surface area contributed by atoms with E-state index in [2.05, 4.69) is 67.2 Å². The Kier molecular flexibility index (Phi) is 36.3. The lowest BCUT2D eigenvalue weighted by Gasteiger charge is -2.03. The predicted molar refractivity (Wildman–Crippen MR) is 194 cm³/mol. The van der Waals surface area contributed by atoms with Gasteiger partial charge in [0, 0.05) is 18.6 Å². The second kappa shape index (κ2) is 36.8. The van der Waals surface area contributed by atoms with Crippen molar-refractivity contribution in [3.05, 3.63) is 54.4 Å². The predicted octanol–water partition coefficient (Wildman–Crippen LogP) is 11.0. The van der Waals surface area contributed by atoms with Crippen LogP contribution in [0.2, 0.25) is 0 Å². The maximum absolute atomic E-state index is 2.44. The molecular formula is C42H76IN. The normalized spacial score (nSPS) is 11.6. The molecule has 0 aliphatic heterocycles. The largest absolute Gasteiger partial charge is 1.00 e. The molecule has 0 bridgehead atoms. The Morgan fingerprint density at radius 1 is 0.409 bits per heavy atom. The van der Waals surface area contributed by atoms with Crippen LogP contribution in [0.1, 0.15) is 206 Å². The molecule has 0 aliphatic rings. The maximum atomic E-state index is 2.44. The van der Waals surface area contributed by atoms with Crippen molar-refractivity contribution in [3.8, 4) is 0 Å². The van der Waals surface area contributed by atoms with Gasteiger partial charge in [-0.05, 0) is 76.2 Å². The highest BCUT2D eigenvalue weighted by atomic mass is 127. The van der Waals surface area contributed by atoms with Gasteiger partial charge in [0.05, 0.1) is 0 Å². The van der Waals surface area contributed by atoms with Crippen LogP contribution in [-0.2, 0) is 13.0 Å². The zero-order chi connectivity index (χ0) is 30.7. The summed E-state index contributed by atoms with van der Waals surface area (Å²) in [7, 11) is 0. The summed E-state index contributed by atoms with van der Waals surface area (Å²) in [5, 5.41) is 0. The minimum atomic E-state index is 0. The molecule has 0 atom stereocenters. The summed E-state index contributed by atoms with van der Waals surface area (Å²) < 4.78 is 2.39. The quantitative estimate of drug-likeness (QED) is 0.0294. The zero-order valence-corrected chi connectivity index (χ0v) is 32.0. The van der Waals surface area contributed by atoms with Crippen LogP contribution >= 0.6 is 0 Å². The van der Waals surface area contributed by atoms with Crippen molar-refractivity contribution >= 4 is 0 Å². The summed E-state index contributed by atoms with van der Waals surface area (Å²) in [5.41, 5.74) is 1.52. The number of nitrogens with zero attached hydrogens (tertiary/aromatic N) is 1. The first-order valence-electron chi connectivity index (χ1n) is 19.6. The van der Waals surface area contributed by atoms with Gasteiger partial charge in [0.25, 0.3) is 0 Å². The lowest BCUT2D eigenvalue weighted by atomic mass is 10.0. The SMILES string of the molecule is CCCCCCCC/C=C\CCCCCCCCCc1cc[n+](CCCCCCCC/C=C\CCCCCCCC)cc1.[I-]. The molecule has 1 rings (SSSR count). The van der Waals surface area contributed by atoms with Crippen molar-refractivity contribution in [1.29, 1.82) is 0 Å². The minimum absolute atomic E-state index is 0. The van der Waals surface area contributed by atoms with Crippen molar-refractivity contribution in [2.75, 3.05) is 0 Å². The number of pyridine rings is 1. The van der Waals surface area contributed by atoms with Crippen molar-refractivity contribution in [3.63, 3.8) is 0 Å². The van der Waals surface area contributed by atoms with E-state index < -0.39 is 0 Å². The molecule has 0 aromatic carbocycles. The molecule has 256 valence electrons. The molecule has 0 spiro atoms. The fourth-order valence-corrected chi connectivity index (χ4v) is 6.10. The molecule has 44 heavy (non-hydrogen) atoms. The van der Waals surface area contributed by atoms with Crippen LogP contribution in [-0.4, -0.2) is 0 Å². The van der Waals surface area contributed by atoms with Gasteiger partial charge < -0.3 is 24.0 Å². The van der Waals surface area contributed by atoms with Crippen LogP contribution in [0, 0.1) is 0 Å². The molecule has 1 heterocycles. The Morgan fingerprint density at radius 3 is 1.11 bits per heavy atom. The highest BCUT2D eigenvalue weighted by Gasteiger charge is 2.02. The topological polar surface area (TPSA) is 3.88 Å². The van der Waals surface area contributed by atoms with Crippen LogP contribution in [0.4, 0.5) is 0 Å². The average molecular weight is 722 g/mol. The van der Waals surface area contributed by atoms with Crippen molar-refractivity contribution in [1.82, 2.24) is 0 Å². The fraction of sp³-hybridized carbons (Fsp3) is 0.786. The first-order chi connectivity index (χ1) is 21.4. The van der Waals surface area contributed by atoms with E-state index in [9.17, 15) is 0 Å². The highest BCUT2D eigenvalue weighted by Crippen LogP contribution is 2.13. The van der Waals surface area contributed by atoms with Gasteiger partial charge in [-0.15, -0.1) is 0 Å². The fourth-order valence-electron chi connectivity index (χ4n) is 6.10. The third kappa shape index (κ3) is 31.3. The molecule has 0 saturated heterocycles. The van der Waals surface area contributed by atoms with Crippen LogP contribution in [0.25, 0.3) is 0 Å². The molecule has 0 aliphatic carbocycles. The molecule has 2 heteroatoms.